The summed E-state index contributed by atoms with van der Waals surface area (Å²) in [7, 11) is -2.23. The molecule has 0 N–H and O–H groups in total. The van der Waals surface area contributed by atoms with Crippen molar-refractivity contribution in [2.24, 2.45) is 0 Å². The zero-order chi connectivity index (χ0) is 11.6. The topological polar surface area (TPSA) is 54.5 Å². The van der Waals surface area contributed by atoms with Crippen LogP contribution >= 0.6 is 0 Å². The summed E-state index contributed by atoms with van der Waals surface area (Å²) in [5, 5.41) is 0. The third-order valence-electron chi connectivity index (χ3n) is 2.05. The van der Waals surface area contributed by atoms with Crippen molar-refractivity contribution in [3.63, 3.8) is 0 Å². The molecule has 82 valence electrons. The number of nitrogens with zero attached hydrogens (tertiary/aromatic N) is 1. The lowest BCUT2D eigenvalue weighted by Crippen LogP contribution is -2.32. The van der Waals surface area contributed by atoms with Gasteiger partial charge in [-0.05, 0) is 19.1 Å². The summed E-state index contributed by atoms with van der Waals surface area (Å²) in [6, 6.07) is 6.82. The van der Waals surface area contributed by atoms with Crippen LogP contribution in [0.5, 0.6) is 0 Å². The largest absolute Gasteiger partial charge is 0.268 e. The number of aryl methyl sites for hydroxylation is 1. The first-order valence-electron chi connectivity index (χ1n) is 4.37. The number of carbonyl (C=O) groups is 1. The highest BCUT2D eigenvalue weighted by molar-refractivity contribution is 7.88. The van der Waals surface area contributed by atoms with Gasteiger partial charge in [0.15, 0.2) is 0 Å². The van der Waals surface area contributed by atoms with Crippen molar-refractivity contribution in [2.45, 2.75) is 6.92 Å². The zero-order valence-corrected chi connectivity index (χ0v) is 9.71. The van der Waals surface area contributed by atoms with Gasteiger partial charge in [0.25, 0.3) is 5.91 Å². The molecule has 1 aromatic carbocycles. The molecule has 0 saturated carbocycles. The summed E-state index contributed by atoms with van der Waals surface area (Å²) in [4.78, 5) is 11.7. The fourth-order valence-electron chi connectivity index (χ4n) is 1.11. The Labute approximate surface area is 89.6 Å². The van der Waals surface area contributed by atoms with Gasteiger partial charge >= 0.3 is 0 Å². The molecule has 0 fully saturated rings. The van der Waals surface area contributed by atoms with Crippen molar-refractivity contribution in [3.8, 4) is 0 Å². The van der Waals surface area contributed by atoms with Crippen LogP contribution in [0.2, 0.25) is 0 Å². The third-order valence-corrected chi connectivity index (χ3v) is 3.21. The van der Waals surface area contributed by atoms with Gasteiger partial charge in [-0.25, -0.2) is 12.7 Å². The fourth-order valence-corrected chi connectivity index (χ4v) is 1.52. The van der Waals surface area contributed by atoms with Gasteiger partial charge in [0.2, 0.25) is 10.0 Å². The quantitative estimate of drug-likeness (QED) is 0.758. The maximum atomic E-state index is 11.7. The molecule has 15 heavy (non-hydrogen) atoms. The van der Waals surface area contributed by atoms with Gasteiger partial charge < -0.3 is 0 Å². The predicted molar refractivity (Wildman–Crippen MR) is 58.1 cm³/mol. The Morgan fingerprint density at radius 3 is 2.40 bits per heavy atom. The van der Waals surface area contributed by atoms with Gasteiger partial charge in [-0.3, -0.25) is 4.79 Å². The molecule has 0 heterocycles. The molecule has 0 aliphatic heterocycles. The SMILES string of the molecule is Cc1cccc(C(=O)N(C)S(C)(=O)=O)c1. The Kier molecular flexibility index (Phi) is 3.14. The van der Waals surface area contributed by atoms with Crippen LogP contribution in [0.15, 0.2) is 24.3 Å². The molecule has 4 nitrogen and oxygen atoms in total. The molecule has 0 unspecified atom stereocenters. The molecule has 0 aliphatic carbocycles. The summed E-state index contributed by atoms with van der Waals surface area (Å²) < 4.78 is 23.0. The lowest BCUT2D eigenvalue weighted by molar-refractivity contribution is 0.0883. The van der Waals surface area contributed by atoms with E-state index in [0.29, 0.717) is 5.56 Å². The standard InChI is InChI=1S/C10H13NO3S/c1-8-5-4-6-9(7-8)10(12)11(2)15(3,13)14/h4-7H,1-3H3. The molecule has 1 amide bonds. The molecular formula is C10H13NO3S. The Bertz CT molecular complexity index is 479. The van der Waals surface area contributed by atoms with Crippen LogP contribution in [0.25, 0.3) is 0 Å². The molecule has 0 bridgehead atoms. The maximum Gasteiger partial charge on any atom is 0.267 e. The van der Waals surface area contributed by atoms with Crippen LogP contribution in [0.3, 0.4) is 0 Å². The van der Waals surface area contributed by atoms with Crippen LogP contribution in [0.4, 0.5) is 0 Å². The van der Waals surface area contributed by atoms with Crippen molar-refractivity contribution in [1.29, 1.82) is 0 Å². The molecule has 5 heteroatoms. The van der Waals surface area contributed by atoms with Crippen molar-refractivity contribution in [2.75, 3.05) is 13.3 Å². The Hall–Kier alpha value is -1.36. The summed E-state index contributed by atoms with van der Waals surface area (Å²) in [6.45, 7) is 1.84. The van der Waals surface area contributed by atoms with E-state index in [1.807, 2.05) is 13.0 Å². The molecule has 0 aromatic heterocycles. The fraction of sp³-hybridized carbons (Fsp3) is 0.300. The highest BCUT2D eigenvalue weighted by Gasteiger charge is 2.19. The normalized spacial score (nSPS) is 11.1. The predicted octanol–water partition coefficient (Wildman–Crippen LogP) is 1.03. The second kappa shape index (κ2) is 4.02. The number of hydrogen-bond acceptors (Lipinski definition) is 3. The van der Waals surface area contributed by atoms with E-state index in [1.165, 1.54) is 7.05 Å². The minimum Gasteiger partial charge on any atom is -0.268 e. The average molecular weight is 227 g/mol. The van der Waals surface area contributed by atoms with Crippen LogP contribution in [-0.4, -0.2) is 31.9 Å². The molecule has 0 spiro atoms. The summed E-state index contributed by atoms with van der Waals surface area (Å²) in [6.07, 6.45) is 1.00. The lowest BCUT2D eigenvalue weighted by Gasteiger charge is -2.14. The van der Waals surface area contributed by atoms with Gasteiger partial charge in [-0.1, -0.05) is 17.7 Å². The highest BCUT2D eigenvalue weighted by Crippen LogP contribution is 2.08. The first-order valence-corrected chi connectivity index (χ1v) is 6.22. The minimum atomic E-state index is -3.48. The Balaban J connectivity index is 3.06. The van der Waals surface area contributed by atoms with Gasteiger partial charge in [0, 0.05) is 12.6 Å². The van der Waals surface area contributed by atoms with Crippen molar-refractivity contribution in [3.05, 3.63) is 35.4 Å². The first-order chi connectivity index (χ1) is 6.82. The van der Waals surface area contributed by atoms with Crippen molar-refractivity contribution in [1.82, 2.24) is 4.31 Å². The minimum absolute atomic E-state index is 0.378. The first kappa shape index (κ1) is 11.7. The third kappa shape index (κ3) is 2.79. The van der Waals surface area contributed by atoms with E-state index in [0.717, 1.165) is 16.1 Å². The van der Waals surface area contributed by atoms with Gasteiger partial charge in [0.05, 0.1) is 6.26 Å². The number of amides is 1. The van der Waals surface area contributed by atoms with Gasteiger partial charge in [0.1, 0.15) is 0 Å². The van der Waals surface area contributed by atoms with E-state index in [1.54, 1.807) is 18.2 Å². The average Bonchev–Trinajstić information content (AvgIpc) is 2.14. The second-order valence-electron chi connectivity index (χ2n) is 3.41. The van der Waals surface area contributed by atoms with E-state index >= 15 is 0 Å². The van der Waals surface area contributed by atoms with Crippen LogP contribution in [0.1, 0.15) is 15.9 Å². The van der Waals surface area contributed by atoms with Gasteiger partial charge in [-0.15, -0.1) is 0 Å². The molecule has 0 radical (unpaired) electrons. The van der Waals surface area contributed by atoms with Crippen LogP contribution < -0.4 is 0 Å². The van der Waals surface area contributed by atoms with Crippen molar-refractivity contribution >= 4 is 15.9 Å². The maximum absolute atomic E-state index is 11.7. The number of carbonyl (C=O) groups excluding carboxylic acids is 1. The van der Waals surface area contributed by atoms with Gasteiger partial charge in [-0.2, -0.15) is 0 Å². The molecule has 1 aromatic rings. The van der Waals surface area contributed by atoms with Crippen LogP contribution in [0, 0.1) is 6.92 Å². The lowest BCUT2D eigenvalue weighted by atomic mass is 10.1. The van der Waals surface area contributed by atoms with Crippen LogP contribution in [-0.2, 0) is 10.0 Å². The number of benzene rings is 1. The summed E-state index contributed by atoms with van der Waals surface area (Å²) >= 11 is 0. The monoisotopic (exact) mass is 227 g/mol. The van der Waals surface area contributed by atoms with E-state index in [9.17, 15) is 13.2 Å². The molecule has 0 saturated heterocycles. The molecule has 1 rings (SSSR count). The number of rotatable bonds is 2. The van der Waals surface area contributed by atoms with E-state index in [4.69, 9.17) is 0 Å². The van der Waals surface area contributed by atoms with E-state index < -0.39 is 15.9 Å². The smallest absolute Gasteiger partial charge is 0.267 e. The molecular weight excluding hydrogens is 214 g/mol. The molecule has 0 aliphatic rings. The Morgan fingerprint density at radius 2 is 1.93 bits per heavy atom. The highest BCUT2D eigenvalue weighted by atomic mass is 32.2. The summed E-state index contributed by atoms with van der Waals surface area (Å²) in [5.74, 6) is -0.513. The number of sulfonamides is 1. The number of hydrogen-bond donors (Lipinski definition) is 0. The van der Waals surface area contributed by atoms with Crippen molar-refractivity contribution < 1.29 is 13.2 Å². The summed E-state index contributed by atoms with van der Waals surface area (Å²) in [5.41, 5.74) is 1.30. The Morgan fingerprint density at radius 1 is 1.33 bits per heavy atom. The molecule has 0 atom stereocenters. The van der Waals surface area contributed by atoms with E-state index in [2.05, 4.69) is 0 Å². The zero-order valence-electron chi connectivity index (χ0n) is 8.89. The second-order valence-corrected chi connectivity index (χ2v) is 5.42. The van der Waals surface area contributed by atoms with E-state index in [-0.39, 0.29) is 0 Å².